The van der Waals surface area contributed by atoms with Crippen LogP contribution < -0.4 is 0 Å². The topological polar surface area (TPSA) is 68.7 Å². The van der Waals surface area contributed by atoms with Crippen LogP contribution in [0.4, 0.5) is 4.39 Å². The predicted molar refractivity (Wildman–Crippen MR) is 115 cm³/mol. The van der Waals surface area contributed by atoms with Gasteiger partial charge in [0.25, 0.3) is 0 Å². The van der Waals surface area contributed by atoms with Crippen molar-refractivity contribution in [1.29, 1.82) is 0 Å². The fourth-order valence-electron chi connectivity index (χ4n) is 2.74. The van der Waals surface area contributed by atoms with Gasteiger partial charge in [0.05, 0.1) is 23.3 Å². The van der Waals surface area contributed by atoms with Crippen LogP contribution in [-0.4, -0.2) is 40.1 Å². The summed E-state index contributed by atoms with van der Waals surface area (Å²) in [5.41, 5.74) is 0.000592. The number of aliphatic carboxylic acids is 1. The van der Waals surface area contributed by atoms with Gasteiger partial charge in [-0.1, -0.05) is 42.1 Å². The molecule has 5 nitrogen and oxygen atoms in total. The first-order chi connectivity index (χ1) is 13.6. The summed E-state index contributed by atoms with van der Waals surface area (Å²) < 4.78 is 28.0. The molecular formula is C20H23BFNO4S2. The molecule has 29 heavy (non-hydrogen) atoms. The van der Waals surface area contributed by atoms with Crippen LogP contribution >= 0.6 is 23.1 Å². The first kappa shape index (κ1) is 22.0. The second kappa shape index (κ2) is 8.59. The van der Waals surface area contributed by atoms with Crippen molar-refractivity contribution in [3.05, 3.63) is 52.7 Å². The van der Waals surface area contributed by atoms with Crippen molar-refractivity contribution in [1.82, 2.24) is 4.98 Å². The van der Waals surface area contributed by atoms with Crippen molar-refractivity contribution in [3.63, 3.8) is 0 Å². The summed E-state index contributed by atoms with van der Waals surface area (Å²) in [5, 5.41) is 10.6. The monoisotopic (exact) mass is 435 g/mol. The van der Waals surface area contributed by atoms with E-state index in [1.54, 1.807) is 5.38 Å². The summed E-state index contributed by atoms with van der Waals surface area (Å²) in [4.78, 5) is 15.2. The Morgan fingerprint density at radius 3 is 2.41 bits per heavy atom. The third kappa shape index (κ3) is 5.09. The number of carboxylic acid groups (broad SMARTS) is 1. The highest BCUT2D eigenvalue weighted by Crippen LogP contribution is 2.41. The Balaban J connectivity index is 1.85. The number of halogens is 1. The molecule has 9 heteroatoms. The molecule has 1 fully saturated rings. The standard InChI is InChI=1S/C20H23BFNO4S2/c1-19(2)20(3,4)27-21(26-19)17(22)15(13-8-6-5-7-9-13)12-29-18-23-14(11-28-18)10-16(24)25/h5-9,11H,10,12H2,1-4H3,(H,24,25). The molecule has 0 spiro atoms. The molecule has 1 N–H and O–H groups in total. The van der Waals surface area contributed by atoms with Crippen molar-refractivity contribution in [3.8, 4) is 0 Å². The fourth-order valence-corrected chi connectivity index (χ4v) is 4.63. The molecule has 0 radical (unpaired) electrons. The minimum atomic E-state index is -1.07. The van der Waals surface area contributed by atoms with E-state index in [4.69, 9.17) is 14.4 Å². The average molecular weight is 435 g/mol. The van der Waals surface area contributed by atoms with Crippen molar-refractivity contribution >= 4 is 41.8 Å². The number of carbonyl (C=O) groups is 1. The van der Waals surface area contributed by atoms with Gasteiger partial charge in [-0.3, -0.25) is 4.79 Å². The number of aromatic nitrogens is 1. The van der Waals surface area contributed by atoms with E-state index in [0.717, 1.165) is 5.56 Å². The van der Waals surface area contributed by atoms with Crippen LogP contribution in [0.25, 0.3) is 5.57 Å². The largest absolute Gasteiger partial charge is 0.525 e. The third-order valence-electron chi connectivity index (χ3n) is 5.07. The molecular weight excluding hydrogens is 412 g/mol. The molecule has 1 aromatic carbocycles. The molecule has 154 valence electrons. The van der Waals surface area contributed by atoms with E-state index in [1.807, 2.05) is 58.0 Å². The highest BCUT2D eigenvalue weighted by atomic mass is 32.2. The van der Waals surface area contributed by atoms with E-state index in [1.165, 1.54) is 23.1 Å². The number of nitrogens with zero attached hydrogens (tertiary/aromatic N) is 1. The van der Waals surface area contributed by atoms with Gasteiger partial charge < -0.3 is 14.4 Å². The van der Waals surface area contributed by atoms with E-state index in [2.05, 4.69) is 4.98 Å². The number of carboxylic acids is 1. The van der Waals surface area contributed by atoms with E-state index in [9.17, 15) is 4.79 Å². The number of benzene rings is 1. The summed E-state index contributed by atoms with van der Waals surface area (Å²) in [6, 6.07) is 9.27. The molecule has 1 aliphatic rings. The lowest BCUT2D eigenvalue weighted by Gasteiger charge is -2.32. The maximum absolute atomic E-state index is 15.5. The van der Waals surface area contributed by atoms with E-state index < -0.39 is 30.0 Å². The van der Waals surface area contributed by atoms with Gasteiger partial charge in [-0.15, -0.1) is 11.3 Å². The first-order valence-corrected chi connectivity index (χ1v) is 11.0. The number of thiazole rings is 1. The summed E-state index contributed by atoms with van der Waals surface area (Å²) in [6.07, 6.45) is -0.124. The average Bonchev–Trinajstić information content (AvgIpc) is 3.16. The van der Waals surface area contributed by atoms with Crippen LogP contribution in [0.15, 0.2) is 45.8 Å². The van der Waals surface area contributed by atoms with Gasteiger partial charge in [0.2, 0.25) is 0 Å². The molecule has 2 aromatic rings. The molecule has 1 aliphatic heterocycles. The normalized spacial score (nSPS) is 18.6. The Labute approximate surface area is 178 Å². The first-order valence-electron chi connectivity index (χ1n) is 9.17. The minimum absolute atomic E-state index is 0.124. The molecule has 1 aromatic heterocycles. The highest BCUT2D eigenvalue weighted by molar-refractivity contribution is 8.01. The Morgan fingerprint density at radius 2 is 1.83 bits per heavy atom. The zero-order chi connectivity index (χ0) is 21.2. The Kier molecular flexibility index (Phi) is 6.53. The Hall–Kier alpha value is -1.68. The van der Waals surface area contributed by atoms with Gasteiger partial charge >= 0.3 is 13.1 Å². The fraction of sp³-hybridized carbons (Fsp3) is 0.400. The molecule has 0 bridgehead atoms. The summed E-state index contributed by atoms with van der Waals surface area (Å²) >= 11 is 2.72. The quantitative estimate of drug-likeness (QED) is 0.494. The van der Waals surface area contributed by atoms with Crippen molar-refractivity contribution in [2.45, 2.75) is 49.7 Å². The molecule has 0 unspecified atom stereocenters. The number of hydrogen-bond donors (Lipinski definition) is 1. The molecule has 1 saturated heterocycles. The van der Waals surface area contributed by atoms with Crippen LogP contribution in [0, 0.1) is 0 Å². The van der Waals surface area contributed by atoms with Crippen LogP contribution in [0.3, 0.4) is 0 Å². The molecule has 0 atom stereocenters. The minimum Gasteiger partial charge on any atom is -0.481 e. The Bertz CT molecular complexity index is 898. The summed E-state index contributed by atoms with van der Waals surface area (Å²) in [5.74, 6) is -0.608. The van der Waals surface area contributed by atoms with Crippen LogP contribution in [0.1, 0.15) is 39.0 Å². The van der Waals surface area contributed by atoms with E-state index in [0.29, 0.717) is 21.4 Å². The number of rotatable bonds is 7. The second-order valence-corrected chi connectivity index (χ2v) is 9.83. The second-order valence-electron chi connectivity index (χ2n) is 7.74. The summed E-state index contributed by atoms with van der Waals surface area (Å²) in [7, 11) is -1.07. The lowest BCUT2D eigenvalue weighted by atomic mass is 9.83. The SMILES string of the molecule is CC1(C)OB(C(F)=C(CSc2nc(CC(=O)O)cs2)c2ccccc2)OC1(C)C. The van der Waals surface area contributed by atoms with Crippen molar-refractivity contribution < 1.29 is 23.6 Å². The van der Waals surface area contributed by atoms with Gasteiger partial charge in [0, 0.05) is 11.1 Å². The Morgan fingerprint density at radius 1 is 1.21 bits per heavy atom. The van der Waals surface area contributed by atoms with E-state index in [-0.39, 0.29) is 6.42 Å². The maximum atomic E-state index is 15.5. The van der Waals surface area contributed by atoms with Crippen LogP contribution in [-0.2, 0) is 20.5 Å². The maximum Gasteiger partial charge on any atom is 0.525 e. The lowest BCUT2D eigenvalue weighted by Crippen LogP contribution is -2.41. The third-order valence-corrected chi connectivity index (χ3v) is 7.17. The number of hydrogen-bond acceptors (Lipinski definition) is 6. The molecule has 0 saturated carbocycles. The molecule has 0 amide bonds. The van der Waals surface area contributed by atoms with Gasteiger partial charge in [-0.2, -0.15) is 0 Å². The predicted octanol–water partition coefficient (Wildman–Crippen LogP) is 4.87. The van der Waals surface area contributed by atoms with E-state index >= 15 is 4.39 Å². The van der Waals surface area contributed by atoms with Gasteiger partial charge in [-0.25, -0.2) is 9.37 Å². The number of thioether (sulfide) groups is 1. The van der Waals surface area contributed by atoms with Crippen LogP contribution in [0.5, 0.6) is 0 Å². The van der Waals surface area contributed by atoms with Crippen molar-refractivity contribution in [2.75, 3.05) is 5.75 Å². The van der Waals surface area contributed by atoms with Crippen LogP contribution in [0.2, 0.25) is 0 Å². The molecule has 0 aliphatic carbocycles. The van der Waals surface area contributed by atoms with Crippen molar-refractivity contribution in [2.24, 2.45) is 0 Å². The zero-order valence-electron chi connectivity index (χ0n) is 16.8. The van der Waals surface area contributed by atoms with Gasteiger partial charge in [0.15, 0.2) is 0 Å². The highest BCUT2D eigenvalue weighted by Gasteiger charge is 2.53. The van der Waals surface area contributed by atoms with Gasteiger partial charge in [-0.05, 0) is 38.8 Å². The smallest absolute Gasteiger partial charge is 0.481 e. The summed E-state index contributed by atoms with van der Waals surface area (Å²) in [6.45, 7) is 7.54. The van der Waals surface area contributed by atoms with Gasteiger partial charge in [0.1, 0.15) is 10.1 Å². The lowest BCUT2D eigenvalue weighted by molar-refractivity contribution is -0.136. The zero-order valence-corrected chi connectivity index (χ0v) is 18.4. The molecule has 2 heterocycles. The molecule has 3 rings (SSSR count).